The summed E-state index contributed by atoms with van der Waals surface area (Å²) in [6.45, 7) is 5.72. The molecule has 2 unspecified atom stereocenters. The first-order valence-electron chi connectivity index (χ1n) is 6.63. The molecule has 0 aliphatic heterocycles. The first kappa shape index (κ1) is 12.9. The van der Waals surface area contributed by atoms with E-state index in [1.807, 2.05) is 6.07 Å². The Bertz CT molecular complexity index is 377. The van der Waals surface area contributed by atoms with Crippen LogP contribution < -0.4 is 5.32 Å². The minimum Gasteiger partial charge on any atom is -0.314 e. The Morgan fingerprint density at radius 3 is 3.00 bits per heavy atom. The fourth-order valence-corrected chi connectivity index (χ4v) is 3.08. The zero-order chi connectivity index (χ0) is 12.3. The van der Waals surface area contributed by atoms with Gasteiger partial charge in [-0.15, -0.1) is 0 Å². The second-order valence-electron chi connectivity index (χ2n) is 5.46. The zero-order valence-corrected chi connectivity index (χ0v) is 11.6. The molecule has 1 aromatic carbocycles. The average molecular weight is 252 g/mol. The van der Waals surface area contributed by atoms with Crippen LogP contribution in [0.2, 0.25) is 5.02 Å². The van der Waals surface area contributed by atoms with Crippen LogP contribution in [0, 0.1) is 0 Å². The Kier molecular flexibility index (Phi) is 4.11. The zero-order valence-electron chi connectivity index (χ0n) is 10.8. The van der Waals surface area contributed by atoms with Crippen molar-refractivity contribution >= 4 is 11.6 Å². The molecule has 2 heteroatoms. The molecule has 0 heterocycles. The lowest BCUT2D eigenvalue weighted by Crippen LogP contribution is -2.29. The molecule has 0 radical (unpaired) electrons. The van der Waals surface area contributed by atoms with E-state index in [2.05, 4.69) is 37.4 Å². The maximum absolute atomic E-state index is 6.09. The molecule has 1 aliphatic rings. The third kappa shape index (κ3) is 3.02. The second-order valence-corrected chi connectivity index (χ2v) is 5.90. The molecule has 2 atom stereocenters. The maximum atomic E-state index is 6.09. The minimum atomic E-state index is 0.302. The minimum absolute atomic E-state index is 0.302. The predicted octanol–water partition coefficient (Wildman–Crippen LogP) is 4.15. The Morgan fingerprint density at radius 1 is 1.47 bits per heavy atom. The largest absolute Gasteiger partial charge is 0.314 e. The molecule has 1 aliphatic carbocycles. The summed E-state index contributed by atoms with van der Waals surface area (Å²) in [6.07, 6.45) is 4.98. The molecule has 0 bridgehead atoms. The van der Waals surface area contributed by atoms with E-state index < -0.39 is 0 Å². The van der Waals surface area contributed by atoms with Crippen molar-refractivity contribution in [3.63, 3.8) is 0 Å². The van der Waals surface area contributed by atoms with Crippen LogP contribution in [0.5, 0.6) is 0 Å². The number of halogens is 1. The number of nitrogens with one attached hydrogen (secondary N) is 1. The summed E-state index contributed by atoms with van der Waals surface area (Å²) in [6, 6.07) is 9.04. The summed E-state index contributed by atoms with van der Waals surface area (Å²) < 4.78 is 0. The molecule has 1 saturated carbocycles. The van der Waals surface area contributed by atoms with Crippen LogP contribution in [0.4, 0.5) is 0 Å². The van der Waals surface area contributed by atoms with E-state index in [9.17, 15) is 0 Å². The van der Waals surface area contributed by atoms with Gasteiger partial charge in [-0.1, -0.05) is 37.6 Å². The fraction of sp³-hybridized carbons (Fsp3) is 0.600. The van der Waals surface area contributed by atoms with Crippen LogP contribution in [-0.2, 0) is 5.41 Å². The topological polar surface area (TPSA) is 12.0 Å². The molecule has 1 nitrogen and oxygen atoms in total. The van der Waals surface area contributed by atoms with Gasteiger partial charge in [-0.3, -0.25) is 0 Å². The lowest BCUT2D eigenvalue weighted by Gasteiger charge is -2.25. The van der Waals surface area contributed by atoms with Gasteiger partial charge in [-0.2, -0.15) is 0 Å². The lowest BCUT2D eigenvalue weighted by atomic mass is 9.81. The monoisotopic (exact) mass is 251 g/mol. The van der Waals surface area contributed by atoms with Gasteiger partial charge >= 0.3 is 0 Å². The molecule has 2 rings (SSSR count). The number of benzene rings is 1. The molecule has 1 aromatic rings. The molecule has 1 N–H and O–H groups in total. The van der Waals surface area contributed by atoms with Gasteiger partial charge in [0.2, 0.25) is 0 Å². The normalized spacial score (nSPS) is 28.5. The lowest BCUT2D eigenvalue weighted by molar-refractivity contribution is 0.453. The molecule has 17 heavy (non-hydrogen) atoms. The van der Waals surface area contributed by atoms with Crippen LogP contribution in [0.25, 0.3) is 0 Å². The van der Waals surface area contributed by atoms with E-state index in [4.69, 9.17) is 11.6 Å². The second kappa shape index (κ2) is 5.41. The predicted molar refractivity (Wildman–Crippen MR) is 74.7 cm³/mol. The van der Waals surface area contributed by atoms with Crippen molar-refractivity contribution in [2.75, 3.05) is 6.54 Å². The molecule has 0 spiro atoms. The molecular weight excluding hydrogens is 230 g/mol. The van der Waals surface area contributed by atoms with E-state index in [-0.39, 0.29) is 0 Å². The van der Waals surface area contributed by atoms with Gasteiger partial charge in [0.25, 0.3) is 0 Å². The highest BCUT2D eigenvalue weighted by Crippen LogP contribution is 2.41. The summed E-state index contributed by atoms with van der Waals surface area (Å²) in [7, 11) is 0. The van der Waals surface area contributed by atoms with Crippen molar-refractivity contribution in [3.8, 4) is 0 Å². The number of hydrogen-bond donors (Lipinski definition) is 1. The van der Waals surface area contributed by atoms with Crippen molar-refractivity contribution in [1.82, 2.24) is 5.32 Å². The van der Waals surface area contributed by atoms with E-state index in [1.165, 1.54) is 31.2 Å². The van der Waals surface area contributed by atoms with Gasteiger partial charge in [0.1, 0.15) is 0 Å². The summed E-state index contributed by atoms with van der Waals surface area (Å²) in [5.74, 6) is 0. The third-order valence-corrected chi connectivity index (χ3v) is 4.18. The third-order valence-electron chi connectivity index (χ3n) is 3.95. The van der Waals surface area contributed by atoms with Crippen LogP contribution in [-0.4, -0.2) is 12.6 Å². The van der Waals surface area contributed by atoms with Gasteiger partial charge in [-0.05, 0) is 55.3 Å². The van der Waals surface area contributed by atoms with Gasteiger partial charge in [0.05, 0.1) is 0 Å². The fourth-order valence-electron chi connectivity index (χ4n) is 2.89. The van der Waals surface area contributed by atoms with Crippen LogP contribution in [0.3, 0.4) is 0 Å². The maximum Gasteiger partial charge on any atom is 0.0408 e. The number of rotatable bonds is 4. The summed E-state index contributed by atoms with van der Waals surface area (Å²) in [5, 5.41) is 4.49. The number of hydrogen-bond acceptors (Lipinski definition) is 1. The first-order chi connectivity index (χ1) is 8.14. The molecule has 1 fully saturated rings. The summed E-state index contributed by atoms with van der Waals surface area (Å²) >= 11 is 6.09. The van der Waals surface area contributed by atoms with Crippen molar-refractivity contribution in [3.05, 3.63) is 34.9 Å². The Labute approximate surface area is 110 Å². The smallest absolute Gasteiger partial charge is 0.0408 e. The summed E-state index contributed by atoms with van der Waals surface area (Å²) in [5.41, 5.74) is 1.70. The van der Waals surface area contributed by atoms with Crippen LogP contribution >= 0.6 is 11.6 Å². The quantitative estimate of drug-likeness (QED) is 0.848. The van der Waals surface area contributed by atoms with Crippen molar-refractivity contribution in [2.24, 2.45) is 0 Å². The van der Waals surface area contributed by atoms with E-state index in [0.29, 0.717) is 11.5 Å². The molecule has 0 aromatic heterocycles. The first-order valence-corrected chi connectivity index (χ1v) is 7.01. The van der Waals surface area contributed by atoms with Crippen molar-refractivity contribution < 1.29 is 0 Å². The highest BCUT2D eigenvalue weighted by atomic mass is 35.5. The van der Waals surface area contributed by atoms with E-state index >= 15 is 0 Å². The highest BCUT2D eigenvalue weighted by molar-refractivity contribution is 6.30. The SMILES string of the molecule is CCCNC1CCC(C)(c2cccc(Cl)c2)C1. The van der Waals surface area contributed by atoms with Crippen LogP contribution in [0.15, 0.2) is 24.3 Å². The van der Waals surface area contributed by atoms with Gasteiger partial charge < -0.3 is 5.32 Å². The standard InChI is InChI=1S/C15H22ClN/c1-3-9-17-14-7-8-15(2,11-14)12-5-4-6-13(16)10-12/h4-6,10,14,17H,3,7-9,11H2,1-2H3. The van der Waals surface area contributed by atoms with E-state index in [1.54, 1.807) is 0 Å². The molecule has 94 valence electrons. The Morgan fingerprint density at radius 2 is 2.29 bits per heavy atom. The van der Waals surface area contributed by atoms with Crippen LogP contribution in [0.1, 0.15) is 45.1 Å². The van der Waals surface area contributed by atoms with E-state index in [0.717, 1.165) is 11.6 Å². The molecule has 0 saturated heterocycles. The molecule has 0 amide bonds. The Hall–Kier alpha value is -0.530. The molecular formula is C15H22ClN. The van der Waals surface area contributed by atoms with Crippen molar-refractivity contribution in [2.45, 2.75) is 51.0 Å². The van der Waals surface area contributed by atoms with Crippen molar-refractivity contribution in [1.29, 1.82) is 0 Å². The van der Waals surface area contributed by atoms with Gasteiger partial charge in [-0.25, -0.2) is 0 Å². The van der Waals surface area contributed by atoms with Gasteiger partial charge in [0, 0.05) is 11.1 Å². The average Bonchev–Trinajstić information content (AvgIpc) is 2.70. The summed E-state index contributed by atoms with van der Waals surface area (Å²) in [4.78, 5) is 0. The highest BCUT2D eigenvalue weighted by Gasteiger charge is 2.36. The Balaban J connectivity index is 2.06. The van der Waals surface area contributed by atoms with Gasteiger partial charge in [0.15, 0.2) is 0 Å².